The van der Waals surface area contributed by atoms with Gasteiger partial charge >= 0.3 is 5.97 Å². The number of carbonyl (C=O) groups excluding carboxylic acids is 4. The Kier molecular flexibility index (Phi) is 6.84. The lowest BCUT2D eigenvalue weighted by atomic mass is 9.97. The van der Waals surface area contributed by atoms with Gasteiger partial charge in [-0.3, -0.25) is 19.3 Å². The molecule has 0 bridgehead atoms. The molecule has 3 rings (SSSR count). The summed E-state index contributed by atoms with van der Waals surface area (Å²) in [5.74, 6) is -2.36. The molecule has 31 heavy (non-hydrogen) atoms. The Morgan fingerprint density at radius 2 is 1.52 bits per heavy atom. The second kappa shape index (κ2) is 9.55. The van der Waals surface area contributed by atoms with Crippen LogP contribution in [0.25, 0.3) is 0 Å². The van der Waals surface area contributed by atoms with Crippen molar-refractivity contribution >= 4 is 23.7 Å². The highest BCUT2D eigenvalue weighted by molar-refractivity contribution is 6.22. The fraction of sp³-hybridized carbons (Fsp3) is 0.333. The minimum Gasteiger partial charge on any atom is -0.467 e. The Bertz CT molecular complexity index is 953. The number of ether oxygens (including phenoxy) is 1. The van der Waals surface area contributed by atoms with Crippen molar-refractivity contribution in [2.45, 2.75) is 38.8 Å². The van der Waals surface area contributed by atoms with Crippen molar-refractivity contribution < 1.29 is 23.9 Å². The van der Waals surface area contributed by atoms with Crippen molar-refractivity contribution in [1.29, 1.82) is 0 Å². The maximum absolute atomic E-state index is 13.4. The van der Waals surface area contributed by atoms with Crippen LogP contribution < -0.4 is 5.32 Å². The van der Waals surface area contributed by atoms with Crippen LogP contribution in [0.3, 0.4) is 0 Å². The lowest BCUT2D eigenvalue weighted by molar-refractivity contribution is -0.147. The normalized spacial score (nSPS) is 15.8. The number of methoxy groups -OCH3 is 1. The van der Waals surface area contributed by atoms with Crippen molar-refractivity contribution in [2.24, 2.45) is 5.92 Å². The predicted octanol–water partition coefficient (Wildman–Crippen LogP) is 2.60. The first-order valence-electron chi connectivity index (χ1n) is 10.3. The molecule has 2 aromatic rings. The number of amides is 3. The van der Waals surface area contributed by atoms with Crippen LogP contribution in [-0.2, 0) is 20.7 Å². The van der Waals surface area contributed by atoms with Gasteiger partial charge in [0.15, 0.2) is 0 Å². The van der Waals surface area contributed by atoms with Gasteiger partial charge in [-0.2, -0.15) is 0 Å². The average molecular weight is 422 g/mol. The summed E-state index contributed by atoms with van der Waals surface area (Å²) in [6.45, 7) is 3.73. The molecule has 7 nitrogen and oxygen atoms in total. The van der Waals surface area contributed by atoms with Crippen molar-refractivity contribution in [2.75, 3.05) is 7.11 Å². The standard InChI is InChI=1S/C24H26N2O5/c1-4-15(2)20(24(30)31-3)25-21(27)19(14-16-10-6-5-7-11-16)26-22(28)17-12-8-9-13-18(17)23(26)29/h5-13,15,19-20H,4,14H2,1-3H3,(H,25,27)/t15-,19+,20-/m1/s1. The molecule has 2 aromatic carbocycles. The van der Waals surface area contributed by atoms with Gasteiger partial charge in [0.25, 0.3) is 11.8 Å². The molecule has 1 heterocycles. The molecule has 3 atom stereocenters. The molecule has 1 N–H and O–H groups in total. The molecule has 0 aliphatic carbocycles. The Balaban J connectivity index is 1.95. The smallest absolute Gasteiger partial charge is 0.328 e. The maximum atomic E-state index is 13.4. The second-order valence-electron chi connectivity index (χ2n) is 7.63. The number of carbonyl (C=O) groups is 4. The molecular weight excluding hydrogens is 396 g/mol. The molecule has 0 radical (unpaired) electrons. The van der Waals surface area contributed by atoms with Crippen molar-refractivity contribution in [3.63, 3.8) is 0 Å². The summed E-state index contributed by atoms with van der Waals surface area (Å²) >= 11 is 0. The second-order valence-corrected chi connectivity index (χ2v) is 7.63. The van der Waals surface area contributed by atoms with E-state index in [4.69, 9.17) is 4.74 Å². The van der Waals surface area contributed by atoms with Gasteiger partial charge in [-0.05, 0) is 23.6 Å². The van der Waals surface area contributed by atoms with Crippen molar-refractivity contribution in [3.05, 3.63) is 71.3 Å². The van der Waals surface area contributed by atoms with Crippen LogP contribution in [0, 0.1) is 5.92 Å². The van der Waals surface area contributed by atoms with Crippen LogP contribution in [-0.4, -0.2) is 47.8 Å². The van der Waals surface area contributed by atoms with Gasteiger partial charge in [-0.15, -0.1) is 0 Å². The zero-order valence-electron chi connectivity index (χ0n) is 17.8. The third-order valence-corrected chi connectivity index (χ3v) is 5.68. The highest BCUT2D eigenvalue weighted by Gasteiger charge is 2.43. The summed E-state index contributed by atoms with van der Waals surface area (Å²) in [7, 11) is 1.26. The molecule has 1 aliphatic rings. The van der Waals surface area contributed by atoms with Gasteiger partial charge in [0.1, 0.15) is 12.1 Å². The first kappa shape index (κ1) is 22.2. The molecule has 0 spiro atoms. The Morgan fingerprint density at radius 1 is 0.968 bits per heavy atom. The first-order chi connectivity index (χ1) is 14.9. The molecule has 0 saturated carbocycles. The van der Waals surface area contributed by atoms with E-state index in [1.165, 1.54) is 7.11 Å². The monoisotopic (exact) mass is 422 g/mol. The van der Waals surface area contributed by atoms with Crippen LogP contribution in [0.5, 0.6) is 0 Å². The molecule has 162 valence electrons. The predicted molar refractivity (Wildman–Crippen MR) is 114 cm³/mol. The van der Waals surface area contributed by atoms with Gasteiger partial charge in [0, 0.05) is 6.42 Å². The summed E-state index contributed by atoms with van der Waals surface area (Å²) in [6.07, 6.45) is 0.767. The number of nitrogens with zero attached hydrogens (tertiary/aromatic N) is 1. The fourth-order valence-corrected chi connectivity index (χ4v) is 3.68. The zero-order valence-corrected chi connectivity index (χ0v) is 17.8. The minimum absolute atomic E-state index is 0.131. The fourth-order valence-electron chi connectivity index (χ4n) is 3.68. The molecule has 1 aliphatic heterocycles. The third-order valence-electron chi connectivity index (χ3n) is 5.68. The topological polar surface area (TPSA) is 92.8 Å². The van der Waals surface area contributed by atoms with E-state index in [2.05, 4.69) is 5.32 Å². The quantitative estimate of drug-likeness (QED) is 0.521. The first-order valence-corrected chi connectivity index (χ1v) is 10.3. The largest absolute Gasteiger partial charge is 0.467 e. The SMILES string of the molecule is CC[C@@H](C)[C@@H](NC(=O)[C@H](Cc1ccccc1)N1C(=O)c2ccccc2C1=O)C(=O)OC. The molecule has 3 amide bonds. The number of rotatable bonds is 8. The maximum Gasteiger partial charge on any atom is 0.328 e. The number of nitrogens with one attached hydrogen (secondary N) is 1. The average Bonchev–Trinajstić information content (AvgIpc) is 3.05. The summed E-state index contributed by atoms with van der Waals surface area (Å²) in [6, 6.07) is 13.7. The number of imide groups is 1. The molecule has 0 aromatic heterocycles. The van der Waals surface area contributed by atoms with Gasteiger partial charge in [-0.25, -0.2) is 4.79 Å². The highest BCUT2D eigenvalue weighted by atomic mass is 16.5. The van der Waals surface area contributed by atoms with Crippen LogP contribution in [0.1, 0.15) is 46.5 Å². The lowest BCUT2D eigenvalue weighted by Crippen LogP contribution is -2.55. The van der Waals surface area contributed by atoms with E-state index in [0.29, 0.717) is 6.42 Å². The molecule has 7 heteroatoms. The van der Waals surface area contributed by atoms with Crippen LogP contribution in [0.15, 0.2) is 54.6 Å². The molecule has 0 saturated heterocycles. The van der Waals surface area contributed by atoms with Crippen LogP contribution >= 0.6 is 0 Å². The number of benzene rings is 2. The summed E-state index contributed by atoms with van der Waals surface area (Å²) in [5.41, 5.74) is 1.33. The van der Waals surface area contributed by atoms with E-state index in [1.54, 1.807) is 24.3 Å². The Labute approximate surface area is 181 Å². The Morgan fingerprint density at radius 3 is 2.03 bits per heavy atom. The van der Waals surface area contributed by atoms with Crippen LogP contribution in [0.4, 0.5) is 0 Å². The van der Waals surface area contributed by atoms with Crippen molar-refractivity contribution in [1.82, 2.24) is 10.2 Å². The van der Waals surface area contributed by atoms with E-state index in [9.17, 15) is 19.2 Å². The van der Waals surface area contributed by atoms with Crippen LogP contribution in [0.2, 0.25) is 0 Å². The van der Waals surface area contributed by atoms with E-state index >= 15 is 0 Å². The molecular formula is C24H26N2O5. The van der Waals surface area contributed by atoms with Gasteiger partial charge < -0.3 is 10.1 Å². The number of hydrogen-bond acceptors (Lipinski definition) is 5. The minimum atomic E-state index is -1.11. The van der Waals surface area contributed by atoms with Gasteiger partial charge in [0.05, 0.1) is 18.2 Å². The van der Waals surface area contributed by atoms with Gasteiger partial charge in [-0.1, -0.05) is 62.7 Å². The van der Waals surface area contributed by atoms with Gasteiger partial charge in [0.2, 0.25) is 5.91 Å². The van der Waals surface area contributed by atoms with E-state index in [1.807, 2.05) is 44.2 Å². The number of hydrogen-bond donors (Lipinski definition) is 1. The number of fused-ring (bicyclic) bond motifs is 1. The number of esters is 1. The third kappa shape index (κ3) is 4.50. The highest BCUT2D eigenvalue weighted by Crippen LogP contribution is 2.26. The van der Waals surface area contributed by atoms with Crippen molar-refractivity contribution in [3.8, 4) is 0 Å². The summed E-state index contributed by atoms with van der Waals surface area (Å²) < 4.78 is 4.85. The Hall–Kier alpha value is -3.48. The summed E-state index contributed by atoms with van der Waals surface area (Å²) in [5, 5.41) is 2.72. The molecule has 0 fully saturated rings. The van der Waals surface area contributed by atoms with E-state index in [0.717, 1.165) is 10.5 Å². The zero-order chi connectivity index (χ0) is 22.5. The molecule has 0 unspecified atom stereocenters. The van der Waals surface area contributed by atoms with E-state index in [-0.39, 0.29) is 23.5 Å². The summed E-state index contributed by atoms with van der Waals surface area (Å²) in [4.78, 5) is 52.7. The van der Waals surface area contributed by atoms with E-state index < -0.39 is 35.8 Å². The lowest BCUT2D eigenvalue weighted by Gasteiger charge is -2.29.